The van der Waals surface area contributed by atoms with Crippen molar-refractivity contribution in [2.45, 2.75) is 0 Å². The first kappa shape index (κ1) is 12.3. The van der Waals surface area contributed by atoms with Gasteiger partial charge in [-0.2, -0.15) is 0 Å². The van der Waals surface area contributed by atoms with Crippen molar-refractivity contribution in [3.05, 3.63) is 63.6 Å². The van der Waals surface area contributed by atoms with Crippen molar-refractivity contribution < 1.29 is 0 Å². The van der Waals surface area contributed by atoms with E-state index in [4.69, 9.17) is 0 Å². The number of hydrogen-bond acceptors (Lipinski definition) is 3. The van der Waals surface area contributed by atoms with Crippen LogP contribution in [0.1, 0.15) is 0 Å². The molecule has 0 saturated heterocycles. The number of benzene rings is 1. The molecular weight excluding hydrogens is 254 g/mol. The second kappa shape index (κ2) is 4.45. The van der Waals surface area contributed by atoms with Crippen molar-refractivity contribution in [3.8, 4) is 11.1 Å². The highest BCUT2D eigenvalue weighted by atomic mass is 16.2. The smallest absolute Gasteiger partial charge is 0.303 e. The lowest BCUT2D eigenvalue weighted by atomic mass is 10.1. The molecule has 0 spiro atoms. The third kappa shape index (κ3) is 1.84. The van der Waals surface area contributed by atoms with Gasteiger partial charge in [-0.25, -0.2) is 4.79 Å². The molecule has 0 amide bonds. The predicted octanol–water partition coefficient (Wildman–Crippen LogP) is 1.30. The minimum absolute atomic E-state index is 0.315. The van der Waals surface area contributed by atoms with Crippen molar-refractivity contribution in [1.29, 1.82) is 0 Å². The van der Waals surface area contributed by atoms with E-state index in [9.17, 15) is 9.59 Å². The molecule has 0 aliphatic rings. The van der Waals surface area contributed by atoms with E-state index in [0.717, 1.165) is 15.5 Å². The Morgan fingerprint density at radius 2 is 1.85 bits per heavy atom. The van der Waals surface area contributed by atoms with Gasteiger partial charge < -0.3 is 4.57 Å². The van der Waals surface area contributed by atoms with Crippen molar-refractivity contribution in [3.63, 3.8) is 0 Å². The monoisotopic (exact) mass is 267 g/mol. The third-order valence-electron chi connectivity index (χ3n) is 3.35. The summed E-state index contributed by atoms with van der Waals surface area (Å²) in [6, 6.07) is 9.60. The number of aryl methyl sites for hydroxylation is 1. The molecule has 0 atom stereocenters. The van der Waals surface area contributed by atoms with Crippen LogP contribution in [0.3, 0.4) is 0 Å². The van der Waals surface area contributed by atoms with E-state index in [1.165, 1.54) is 11.6 Å². The highest BCUT2D eigenvalue weighted by molar-refractivity contribution is 5.83. The average Bonchev–Trinajstić information content (AvgIpc) is 2.48. The lowest BCUT2D eigenvalue weighted by molar-refractivity contribution is 0.688. The summed E-state index contributed by atoms with van der Waals surface area (Å²) in [6.45, 7) is 0. The fourth-order valence-electron chi connectivity index (χ4n) is 2.22. The van der Waals surface area contributed by atoms with Gasteiger partial charge in [0.25, 0.3) is 5.56 Å². The van der Waals surface area contributed by atoms with E-state index in [1.807, 2.05) is 30.3 Å². The Labute approximate surface area is 114 Å². The van der Waals surface area contributed by atoms with E-state index >= 15 is 0 Å². The summed E-state index contributed by atoms with van der Waals surface area (Å²) in [5.41, 5.74) is 1.39. The Kier molecular flexibility index (Phi) is 2.75. The number of fused-ring (bicyclic) bond motifs is 1. The fourth-order valence-corrected chi connectivity index (χ4v) is 2.22. The van der Waals surface area contributed by atoms with Crippen molar-refractivity contribution in [2.75, 3.05) is 0 Å². The molecule has 0 radical (unpaired) electrons. The van der Waals surface area contributed by atoms with E-state index in [2.05, 4.69) is 4.98 Å². The van der Waals surface area contributed by atoms with Gasteiger partial charge in [-0.05, 0) is 12.1 Å². The Balaban J connectivity index is 2.31. The molecule has 1 aromatic carbocycles. The van der Waals surface area contributed by atoms with Crippen LogP contribution in [0.25, 0.3) is 22.0 Å². The van der Waals surface area contributed by atoms with Gasteiger partial charge in [0.1, 0.15) is 0 Å². The van der Waals surface area contributed by atoms with Crippen LogP contribution < -0.4 is 11.2 Å². The summed E-state index contributed by atoms with van der Waals surface area (Å²) in [7, 11) is 3.10. The highest BCUT2D eigenvalue weighted by Crippen LogP contribution is 2.19. The number of para-hydroxylation sites is 1. The molecule has 0 fully saturated rings. The molecular formula is C15H13N3O2. The molecule has 0 saturated carbocycles. The van der Waals surface area contributed by atoms with Gasteiger partial charge in [0.2, 0.25) is 0 Å². The van der Waals surface area contributed by atoms with Crippen LogP contribution >= 0.6 is 0 Å². The van der Waals surface area contributed by atoms with Gasteiger partial charge in [-0.3, -0.25) is 14.3 Å². The van der Waals surface area contributed by atoms with Gasteiger partial charge in [-0.15, -0.1) is 0 Å². The molecule has 2 heterocycles. The predicted molar refractivity (Wildman–Crippen MR) is 77.7 cm³/mol. The lowest BCUT2D eigenvalue weighted by Gasteiger charge is -2.07. The minimum Gasteiger partial charge on any atom is -0.303 e. The normalized spacial score (nSPS) is 10.9. The molecule has 5 nitrogen and oxygen atoms in total. The number of pyridine rings is 1. The zero-order valence-electron chi connectivity index (χ0n) is 11.2. The van der Waals surface area contributed by atoms with Crippen molar-refractivity contribution >= 4 is 10.9 Å². The van der Waals surface area contributed by atoms with E-state index in [1.54, 1.807) is 19.4 Å². The molecule has 0 aliphatic heterocycles. The maximum Gasteiger partial charge on any atom is 0.330 e. The average molecular weight is 267 g/mol. The summed E-state index contributed by atoms with van der Waals surface area (Å²) >= 11 is 0. The molecule has 3 rings (SSSR count). The topological polar surface area (TPSA) is 56.9 Å². The standard InChI is InChI=1S/C15H13N3O2/c1-17-9-12(14(19)18(2)15(17)20)11-7-10-5-3-4-6-13(10)16-8-11/h3-9H,1-2H3. The highest BCUT2D eigenvalue weighted by Gasteiger charge is 2.09. The Bertz CT molecular complexity index is 922. The SMILES string of the molecule is Cn1cc(-c2cnc3ccccc3c2)c(=O)n(C)c1=O. The minimum atomic E-state index is -0.340. The van der Waals surface area contributed by atoms with Gasteiger partial charge in [0, 0.05) is 37.4 Å². The summed E-state index contributed by atoms with van der Waals surface area (Å²) in [6.07, 6.45) is 3.21. The number of hydrogen-bond donors (Lipinski definition) is 0. The van der Waals surface area contributed by atoms with Gasteiger partial charge in [0.05, 0.1) is 11.1 Å². The van der Waals surface area contributed by atoms with Gasteiger partial charge >= 0.3 is 5.69 Å². The van der Waals surface area contributed by atoms with Crippen LogP contribution in [0.15, 0.2) is 52.3 Å². The molecule has 3 aromatic rings. The maximum atomic E-state index is 12.2. The van der Waals surface area contributed by atoms with Crippen LogP contribution in [0.5, 0.6) is 0 Å². The van der Waals surface area contributed by atoms with Crippen LogP contribution in [-0.2, 0) is 14.1 Å². The van der Waals surface area contributed by atoms with E-state index in [-0.39, 0.29) is 11.2 Å². The maximum absolute atomic E-state index is 12.2. The zero-order chi connectivity index (χ0) is 14.3. The van der Waals surface area contributed by atoms with Crippen LogP contribution in [-0.4, -0.2) is 14.1 Å². The van der Waals surface area contributed by atoms with E-state index in [0.29, 0.717) is 11.1 Å². The molecule has 0 bridgehead atoms. The molecule has 20 heavy (non-hydrogen) atoms. The quantitative estimate of drug-likeness (QED) is 0.667. The number of aromatic nitrogens is 3. The largest absolute Gasteiger partial charge is 0.330 e. The Morgan fingerprint density at radius 1 is 1.10 bits per heavy atom. The summed E-state index contributed by atoms with van der Waals surface area (Å²) < 4.78 is 2.50. The fraction of sp³-hybridized carbons (Fsp3) is 0.133. The molecule has 100 valence electrons. The van der Waals surface area contributed by atoms with Crippen molar-refractivity contribution in [1.82, 2.24) is 14.1 Å². The van der Waals surface area contributed by atoms with Crippen LogP contribution in [0.2, 0.25) is 0 Å². The molecule has 2 aromatic heterocycles. The molecule has 5 heteroatoms. The Morgan fingerprint density at radius 3 is 2.65 bits per heavy atom. The number of nitrogens with zero attached hydrogens (tertiary/aromatic N) is 3. The third-order valence-corrected chi connectivity index (χ3v) is 3.35. The van der Waals surface area contributed by atoms with Crippen LogP contribution in [0, 0.1) is 0 Å². The first-order chi connectivity index (χ1) is 9.58. The second-order valence-electron chi connectivity index (χ2n) is 4.72. The zero-order valence-corrected chi connectivity index (χ0v) is 11.2. The Hall–Kier alpha value is -2.69. The first-order valence-electron chi connectivity index (χ1n) is 6.20. The summed E-state index contributed by atoms with van der Waals surface area (Å²) in [4.78, 5) is 28.2. The molecule has 0 aliphatic carbocycles. The number of rotatable bonds is 1. The second-order valence-corrected chi connectivity index (χ2v) is 4.72. The molecule has 0 N–H and O–H groups in total. The summed E-state index contributed by atoms with van der Waals surface area (Å²) in [5, 5.41) is 0.959. The first-order valence-corrected chi connectivity index (χ1v) is 6.20. The van der Waals surface area contributed by atoms with Gasteiger partial charge in [0.15, 0.2) is 0 Å². The molecule has 0 unspecified atom stereocenters. The lowest BCUT2D eigenvalue weighted by Crippen LogP contribution is -2.37. The van der Waals surface area contributed by atoms with Crippen LogP contribution in [0.4, 0.5) is 0 Å². The van der Waals surface area contributed by atoms with Gasteiger partial charge in [-0.1, -0.05) is 18.2 Å². The van der Waals surface area contributed by atoms with Crippen molar-refractivity contribution in [2.24, 2.45) is 14.1 Å². The summed E-state index contributed by atoms with van der Waals surface area (Å²) in [5.74, 6) is 0. The van der Waals surface area contributed by atoms with E-state index < -0.39 is 0 Å².